The molecule has 0 atom stereocenters. The van der Waals surface area contributed by atoms with Gasteiger partial charge in [-0.15, -0.1) is 5.10 Å². The van der Waals surface area contributed by atoms with Crippen LogP contribution in [0.5, 0.6) is 0 Å². The van der Waals surface area contributed by atoms with Crippen LogP contribution in [0.4, 0.5) is 0 Å². The molecule has 1 heterocycles. The van der Waals surface area contributed by atoms with Gasteiger partial charge in [0, 0.05) is 6.42 Å². The van der Waals surface area contributed by atoms with Crippen LogP contribution >= 0.6 is 0 Å². The van der Waals surface area contributed by atoms with Gasteiger partial charge in [0.15, 0.2) is 5.78 Å². The second-order valence-electron chi connectivity index (χ2n) is 3.89. The first-order chi connectivity index (χ1) is 8.33. The van der Waals surface area contributed by atoms with Gasteiger partial charge in [0.05, 0.1) is 11.9 Å². The summed E-state index contributed by atoms with van der Waals surface area (Å²) in [7, 11) is 0. The van der Waals surface area contributed by atoms with Gasteiger partial charge in [-0.2, -0.15) is 0 Å². The van der Waals surface area contributed by atoms with Gasteiger partial charge in [0.25, 0.3) is 0 Å². The minimum atomic E-state index is 0.0979. The molecule has 0 spiro atoms. The zero-order valence-electron chi connectivity index (χ0n) is 9.84. The number of carbonyl (C=O) groups excluding carboxylic acids is 1. The molecule has 0 saturated heterocycles. The molecule has 0 unspecified atom stereocenters. The summed E-state index contributed by atoms with van der Waals surface area (Å²) in [5, 5.41) is 7.78. The summed E-state index contributed by atoms with van der Waals surface area (Å²) in [5.74, 6) is 0.0979. The van der Waals surface area contributed by atoms with Crippen molar-refractivity contribution in [3.63, 3.8) is 0 Å². The summed E-state index contributed by atoms with van der Waals surface area (Å²) in [6, 6.07) is 9.57. The lowest BCUT2D eigenvalue weighted by Gasteiger charge is -2.04. The fraction of sp³-hybridized carbons (Fsp3) is 0.308. The van der Waals surface area contributed by atoms with Gasteiger partial charge in [0.1, 0.15) is 5.69 Å². The van der Waals surface area contributed by atoms with E-state index in [4.69, 9.17) is 0 Å². The fourth-order valence-electron chi connectivity index (χ4n) is 1.65. The van der Waals surface area contributed by atoms with Crippen LogP contribution in [-0.4, -0.2) is 20.8 Å². The lowest BCUT2D eigenvalue weighted by atomic mass is 10.1. The van der Waals surface area contributed by atoms with Crippen molar-refractivity contribution < 1.29 is 4.79 Å². The smallest absolute Gasteiger partial charge is 0.182 e. The van der Waals surface area contributed by atoms with Crippen molar-refractivity contribution in [2.24, 2.45) is 0 Å². The maximum Gasteiger partial charge on any atom is 0.182 e. The van der Waals surface area contributed by atoms with Crippen LogP contribution in [-0.2, 0) is 0 Å². The van der Waals surface area contributed by atoms with E-state index >= 15 is 0 Å². The molecular formula is C13H15N3O. The van der Waals surface area contributed by atoms with Gasteiger partial charge in [-0.3, -0.25) is 4.79 Å². The number of para-hydroxylation sites is 1. The number of benzene rings is 1. The van der Waals surface area contributed by atoms with E-state index in [-0.39, 0.29) is 5.78 Å². The number of rotatable bonds is 5. The van der Waals surface area contributed by atoms with Crippen molar-refractivity contribution in [2.75, 3.05) is 0 Å². The summed E-state index contributed by atoms with van der Waals surface area (Å²) in [6.07, 6.45) is 4.00. The standard InChI is InChI=1S/C13H15N3O/c1-2-3-9-13(17)12-10-14-15-16(12)11-7-5-4-6-8-11/h4-8,10H,2-3,9H2,1H3. The van der Waals surface area contributed by atoms with E-state index in [0.717, 1.165) is 18.5 Å². The molecule has 2 aromatic rings. The zero-order valence-corrected chi connectivity index (χ0v) is 9.84. The van der Waals surface area contributed by atoms with Crippen LogP contribution < -0.4 is 0 Å². The number of hydrogen-bond donors (Lipinski definition) is 0. The van der Waals surface area contributed by atoms with E-state index in [1.54, 1.807) is 4.68 Å². The van der Waals surface area contributed by atoms with Crippen molar-refractivity contribution in [3.05, 3.63) is 42.2 Å². The van der Waals surface area contributed by atoms with Crippen LogP contribution in [0.3, 0.4) is 0 Å². The lowest BCUT2D eigenvalue weighted by Crippen LogP contribution is -2.08. The highest BCUT2D eigenvalue weighted by Crippen LogP contribution is 2.11. The molecule has 0 bridgehead atoms. The predicted molar refractivity (Wildman–Crippen MR) is 65.2 cm³/mol. The van der Waals surface area contributed by atoms with E-state index < -0.39 is 0 Å². The van der Waals surface area contributed by atoms with Gasteiger partial charge in [-0.1, -0.05) is 36.8 Å². The van der Waals surface area contributed by atoms with Gasteiger partial charge in [0.2, 0.25) is 0 Å². The molecule has 88 valence electrons. The number of Topliss-reactive ketones (excluding diaryl/α,β-unsaturated/α-hetero) is 1. The molecule has 4 heteroatoms. The Labute approximate surface area is 100 Å². The minimum Gasteiger partial charge on any atom is -0.292 e. The molecule has 0 N–H and O–H groups in total. The average molecular weight is 229 g/mol. The summed E-state index contributed by atoms with van der Waals surface area (Å²) in [6.45, 7) is 2.07. The zero-order chi connectivity index (χ0) is 12.1. The summed E-state index contributed by atoms with van der Waals surface area (Å²) >= 11 is 0. The Morgan fingerprint density at radius 1 is 1.29 bits per heavy atom. The predicted octanol–water partition coefficient (Wildman–Crippen LogP) is 2.64. The second kappa shape index (κ2) is 5.39. The molecule has 1 aromatic carbocycles. The van der Waals surface area contributed by atoms with E-state index in [2.05, 4.69) is 17.2 Å². The van der Waals surface area contributed by atoms with Crippen molar-refractivity contribution in [1.82, 2.24) is 15.0 Å². The normalized spacial score (nSPS) is 10.4. The third-order valence-electron chi connectivity index (χ3n) is 2.59. The highest BCUT2D eigenvalue weighted by atomic mass is 16.1. The van der Waals surface area contributed by atoms with E-state index in [0.29, 0.717) is 12.1 Å². The molecule has 1 aromatic heterocycles. The second-order valence-corrected chi connectivity index (χ2v) is 3.89. The topological polar surface area (TPSA) is 47.8 Å². The molecule has 4 nitrogen and oxygen atoms in total. The van der Waals surface area contributed by atoms with Gasteiger partial charge in [-0.25, -0.2) is 4.68 Å². The molecule has 0 amide bonds. The molecule has 2 rings (SSSR count). The van der Waals surface area contributed by atoms with Crippen LogP contribution in [0.1, 0.15) is 36.7 Å². The Morgan fingerprint density at radius 2 is 2.06 bits per heavy atom. The van der Waals surface area contributed by atoms with E-state index in [1.165, 1.54) is 6.20 Å². The quantitative estimate of drug-likeness (QED) is 0.740. The van der Waals surface area contributed by atoms with E-state index in [9.17, 15) is 4.79 Å². The van der Waals surface area contributed by atoms with Crippen LogP contribution in [0.25, 0.3) is 5.69 Å². The minimum absolute atomic E-state index is 0.0979. The molecular weight excluding hydrogens is 214 g/mol. The molecule has 17 heavy (non-hydrogen) atoms. The average Bonchev–Trinajstić information content (AvgIpc) is 2.86. The first kappa shape index (κ1) is 11.5. The molecule has 0 aliphatic rings. The Morgan fingerprint density at radius 3 is 2.76 bits per heavy atom. The lowest BCUT2D eigenvalue weighted by molar-refractivity contribution is 0.0972. The summed E-state index contributed by atoms with van der Waals surface area (Å²) < 4.78 is 1.60. The molecule has 0 fully saturated rings. The monoisotopic (exact) mass is 229 g/mol. The number of ketones is 1. The van der Waals surface area contributed by atoms with Crippen molar-refractivity contribution in [2.45, 2.75) is 26.2 Å². The van der Waals surface area contributed by atoms with Crippen LogP contribution in [0, 0.1) is 0 Å². The number of hydrogen-bond acceptors (Lipinski definition) is 3. The highest BCUT2D eigenvalue weighted by Gasteiger charge is 2.13. The Hall–Kier alpha value is -1.97. The molecule has 0 radical (unpaired) electrons. The van der Waals surface area contributed by atoms with Crippen molar-refractivity contribution in [1.29, 1.82) is 0 Å². The van der Waals surface area contributed by atoms with Crippen molar-refractivity contribution >= 4 is 5.78 Å². The molecule has 0 aliphatic heterocycles. The maximum atomic E-state index is 12.0. The Bertz CT molecular complexity index is 490. The number of aromatic nitrogens is 3. The van der Waals surface area contributed by atoms with Crippen LogP contribution in [0.15, 0.2) is 36.5 Å². The number of carbonyl (C=O) groups is 1. The third kappa shape index (κ3) is 2.58. The summed E-state index contributed by atoms with van der Waals surface area (Å²) in [5.41, 5.74) is 1.43. The van der Waals surface area contributed by atoms with Gasteiger partial charge in [-0.05, 0) is 18.6 Å². The van der Waals surface area contributed by atoms with Crippen molar-refractivity contribution in [3.8, 4) is 5.69 Å². The third-order valence-corrected chi connectivity index (χ3v) is 2.59. The Kier molecular flexibility index (Phi) is 3.65. The first-order valence-corrected chi connectivity index (χ1v) is 5.82. The number of nitrogens with zero attached hydrogens (tertiary/aromatic N) is 3. The number of unbranched alkanes of at least 4 members (excludes halogenated alkanes) is 1. The Balaban J connectivity index is 2.26. The first-order valence-electron chi connectivity index (χ1n) is 5.82. The largest absolute Gasteiger partial charge is 0.292 e. The van der Waals surface area contributed by atoms with Crippen LogP contribution in [0.2, 0.25) is 0 Å². The highest BCUT2D eigenvalue weighted by molar-refractivity contribution is 5.94. The van der Waals surface area contributed by atoms with E-state index in [1.807, 2.05) is 30.3 Å². The van der Waals surface area contributed by atoms with Gasteiger partial charge >= 0.3 is 0 Å². The molecule has 0 saturated carbocycles. The molecule has 0 aliphatic carbocycles. The maximum absolute atomic E-state index is 12.0. The summed E-state index contributed by atoms with van der Waals surface area (Å²) in [4.78, 5) is 12.0. The van der Waals surface area contributed by atoms with Gasteiger partial charge < -0.3 is 0 Å². The SMILES string of the molecule is CCCCC(=O)c1cnnn1-c1ccccc1. The fourth-order valence-corrected chi connectivity index (χ4v) is 1.65.